The molecule has 228 valence electrons. The van der Waals surface area contributed by atoms with Gasteiger partial charge in [-0.3, -0.25) is 0 Å². The largest absolute Gasteiger partial charge is 0.456 e. The van der Waals surface area contributed by atoms with Crippen LogP contribution >= 0.6 is 0 Å². The highest BCUT2D eigenvalue weighted by Gasteiger charge is 2.21. The van der Waals surface area contributed by atoms with Gasteiger partial charge >= 0.3 is 0 Å². The molecule has 49 heavy (non-hydrogen) atoms. The van der Waals surface area contributed by atoms with Gasteiger partial charge in [-0.25, -0.2) is 0 Å². The molecule has 0 aliphatic heterocycles. The zero-order valence-electron chi connectivity index (χ0n) is 31.3. The van der Waals surface area contributed by atoms with Crippen LogP contribution in [0.1, 0.15) is 6.85 Å². The Morgan fingerprint density at radius 3 is 1.55 bits per heavy atom. The van der Waals surface area contributed by atoms with Crippen LogP contribution in [0.25, 0.3) is 98.8 Å². The summed E-state index contributed by atoms with van der Waals surface area (Å²) in [6.45, 7) is 0. The van der Waals surface area contributed by atoms with Crippen LogP contribution in [0.15, 0.2) is 186 Å². The molecule has 10 aromatic rings. The fourth-order valence-corrected chi connectivity index (χ4v) is 7.68. The Kier molecular flexibility index (Phi) is 5.20. The van der Waals surface area contributed by atoms with E-state index in [2.05, 4.69) is 97.1 Å². The highest BCUT2D eigenvalue weighted by atomic mass is 16.3. The van der Waals surface area contributed by atoms with E-state index in [0.717, 1.165) is 87.6 Å². The van der Waals surface area contributed by atoms with Gasteiger partial charge in [-0.2, -0.15) is 0 Å². The van der Waals surface area contributed by atoms with E-state index >= 15 is 0 Å². The van der Waals surface area contributed by atoms with E-state index in [9.17, 15) is 0 Å². The zero-order valence-corrected chi connectivity index (χ0v) is 26.3. The molecule has 9 aromatic carbocycles. The standard InChI is InChI=1S/C48H30O/c1-3-15-31(16-4-1)33-29-43(48-42-25-13-14-26-44(42)49-45(48)30-33)36-27-28-41(35-20-8-7-19-34(35)36)47-39-23-11-9-21-37(39)46(32-17-5-2-6-18-32)38-22-10-12-24-40(38)47/h1-30H/i2D,5D,6D,17D,18D. The molecule has 0 saturated heterocycles. The normalized spacial score (nSPS) is 13.1. The fourth-order valence-electron chi connectivity index (χ4n) is 7.68. The minimum atomic E-state index is -0.402. The molecular formula is C48H30O. The average molecular weight is 628 g/mol. The van der Waals surface area contributed by atoms with Gasteiger partial charge in [-0.15, -0.1) is 0 Å². The fraction of sp³-hybridized carbons (Fsp3) is 0. The molecule has 0 spiro atoms. The third-order valence-electron chi connectivity index (χ3n) is 9.75. The first kappa shape index (κ1) is 23.0. The Hall–Kier alpha value is -6.44. The van der Waals surface area contributed by atoms with Crippen molar-refractivity contribution in [3.63, 3.8) is 0 Å². The van der Waals surface area contributed by atoms with Crippen LogP contribution < -0.4 is 0 Å². The number of rotatable bonds is 4. The summed E-state index contributed by atoms with van der Waals surface area (Å²) in [7, 11) is 0. The minimum absolute atomic E-state index is 0.204. The van der Waals surface area contributed by atoms with Crippen LogP contribution in [0, 0.1) is 0 Å². The Labute approximate surface area is 291 Å². The van der Waals surface area contributed by atoms with Gasteiger partial charge < -0.3 is 4.42 Å². The van der Waals surface area contributed by atoms with Crippen molar-refractivity contribution in [2.24, 2.45) is 0 Å². The van der Waals surface area contributed by atoms with Crippen LogP contribution in [0.3, 0.4) is 0 Å². The zero-order chi connectivity index (χ0) is 36.7. The van der Waals surface area contributed by atoms with E-state index < -0.39 is 6.04 Å². The second kappa shape index (κ2) is 11.1. The molecule has 0 unspecified atom stereocenters. The van der Waals surface area contributed by atoms with Crippen molar-refractivity contribution in [1.82, 2.24) is 0 Å². The smallest absolute Gasteiger partial charge is 0.136 e. The molecule has 0 N–H and O–H groups in total. The molecule has 0 amide bonds. The molecule has 1 aromatic heterocycles. The second-order valence-corrected chi connectivity index (χ2v) is 12.4. The van der Waals surface area contributed by atoms with Gasteiger partial charge in [0, 0.05) is 10.8 Å². The quantitative estimate of drug-likeness (QED) is 0.177. The molecular weight excluding hydrogens is 593 g/mol. The lowest BCUT2D eigenvalue weighted by Crippen LogP contribution is -1.92. The molecule has 0 saturated carbocycles. The summed E-state index contributed by atoms with van der Waals surface area (Å²) in [4.78, 5) is 0. The third kappa shape index (κ3) is 4.33. The van der Waals surface area contributed by atoms with Gasteiger partial charge in [0.25, 0.3) is 0 Å². The molecule has 0 atom stereocenters. The Morgan fingerprint density at radius 2 is 0.878 bits per heavy atom. The first-order valence-corrected chi connectivity index (χ1v) is 16.4. The molecule has 0 radical (unpaired) electrons. The van der Waals surface area contributed by atoms with Gasteiger partial charge in [0.2, 0.25) is 0 Å². The third-order valence-corrected chi connectivity index (χ3v) is 9.75. The van der Waals surface area contributed by atoms with E-state index in [1.165, 1.54) is 0 Å². The summed E-state index contributed by atoms with van der Waals surface area (Å²) in [5.74, 6) is 0. The Morgan fingerprint density at radius 1 is 0.347 bits per heavy atom. The topological polar surface area (TPSA) is 13.1 Å². The summed E-state index contributed by atoms with van der Waals surface area (Å²) in [5, 5.41) is 7.81. The molecule has 10 rings (SSSR count). The van der Waals surface area contributed by atoms with E-state index in [-0.39, 0.29) is 29.7 Å². The van der Waals surface area contributed by atoms with Crippen LogP contribution in [-0.4, -0.2) is 0 Å². The van der Waals surface area contributed by atoms with Crippen LogP contribution in [-0.2, 0) is 0 Å². The van der Waals surface area contributed by atoms with Gasteiger partial charge in [-0.1, -0.05) is 164 Å². The highest BCUT2D eigenvalue weighted by molar-refractivity contribution is 6.25. The molecule has 1 heterocycles. The summed E-state index contributed by atoms with van der Waals surface area (Å²) in [5.41, 5.74) is 8.95. The lowest BCUT2D eigenvalue weighted by Gasteiger charge is -2.20. The maximum Gasteiger partial charge on any atom is 0.136 e. The average Bonchev–Trinajstić information content (AvgIpc) is 3.60. The first-order valence-electron chi connectivity index (χ1n) is 18.9. The van der Waals surface area contributed by atoms with Crippen LogP contribution in [0.5, 0.6) is 0 Å². The molecule has 0 bridgehead atoms. The monoisotopic (exact) mass is 627 g/mol. The highest BCUT2D eigenvalue weighted by Crippen LogP contribution is 2.48. The van der Waals surface area contributed by atoms with Crippen LogP contribution in [0.2, 0.25) is 0 Å². The number of furan rings is 1. The maximum atomic E-state index is 8.94. The molecule has 1 nitrogen and oxygen atoms in total. The van der Waals surface area contributed by atoms with Crippen molar-refractivity contribution >= 4 is 54.3 Å². The van der Waals surface area contributed by atoms with E-state index in [1.54, 1.807) is 0 Å². The maximum absolute atomic E-state index is 8.94. The molecule has 0 fully saturated rings. The number of fused-ring (bicyclic) bond motifs is 6. The predicted octanol–water partition coefficient (Wildman–Crippen LogP) is 13.7. The summed E-state index contributed by atoms with van der Waals surface area (Å²) in [6, 6.07) is 50.4. The van der Waals surface area contributed by atoms with Gasteiger partial charge in [-0.05, 0) is 95.0 Å². The number of benzene rings is 9. The van der Waals surface area contributed by atoms with Crippen molar-refractivity contribution in [2.45, 2.75) is 0 Å². The lowest BCUT2D eigenvalue weighted by molar-refractivity contribution is 0.669. The first-order chi connectivity index (χ1) is 26.4. The lowest BCUT2D eigenvalue weighted by atomic mass is 9.83. The molecule has 0 aliphatic rings. The second-order valence-electron chi connectivity index (χ2n) is 12.4. The van der Waals surface area contributed by atoms with E-state index in [1.807, 2.05) is 54.6 Å². The van der Waals surface area contributed by atoms with E-state index in [0.29, 0.717) is 5.56 Å². The molecule has 0 aliphatic carbocycles. The van der Waals surface area contributed by atoms with Crippen molar-refractivity contribution < 1.29 is 11.3 Å². The summed E-state index contributed by atoms with van der Waals surface area (Å²) >= 11 is 0. The van der Waals surface area contributed by atoms with Gasteiger partial charge in [0.1, 0.15) is 11.2 Å². The van der Waals surface area contributed by atoms with Crippen molar-refractivity contribution in [2.75, 3.05) is 0 Å². The number of para-hydroxylation sites is 1. The van der Waals surface area contributed by atoms with Crippen molar-refractivity contribution in [1.29, 1.82) is 0 Å². The van der Waals surface area contributed by atoms with Gasteiger partial charge in [0.15, 0.2) is 0 Å². The number of hydrogen-bond donors (Lipinski definition) is 0. The Bertz CT molecular complexity index is 3080. The summed E-state index contributed by atoms with van der Waals surface area (Å²) < 4.78 is 49.6. The van der Waals surface area contributed by atoms with Crippen molar-refractivity contribution in [3.8, 4) is 44.5 Å². The molecule has 1 heteroatoms. The van der Waals surface area contributed by atoms with Gasteiger partial charge in [0.05, 0.1) is 6.85 Å². The predicted molar refractivity (Wildman–Crippen MR) is 208 cm³/mol. The summed E-state index contributed by atoms with van der Waals surface area (Å²) in [6.07, 6.45) is 0. The Balaban J connectivity index is 1.30. The van der Waals surface area contributed by atoms with Crippen LogP contribution in [0.4, 0.5) is 0 Å². The SMILES string of the molecule is [2H]c1c([2H])c([2H])c(-c2c3ccccc3c(-c3ccc(-c4cc(-c5ccccc5)cc5oc6ccccc6c45)c4ccccc34)c3ccccc23)c([2H])c1[2H]. The number of hydrogen-bond acceptors (Lipinski definition) is 1. The van der Waals surface area contributed by atoms with Crippen molar-refractivity contribution in [3.05, 3.63) is 182 Å². The minimum Gasteiger partial charge on any atom is -0.456 e. The van der Waals surface area contributed by atoms with E-state index in [4.69, 9.17) is 11.3 Å².